The molecule has 248 valence electrons. The van der Waals surface area contributed by atoms with Gasteiger partial charge in [0.25, 0.3) is 5.91 Å². The zero-order valence-corrected chi connectivity index (χ0v) is 27.6. The summed E-state index contributed by atoms with van der Waals surface area (Å²) in [6.45, 7) is 15.6. The lowest BCUT2D eigenvalue weighted by Gasteiger charge is -2.36. The lowest BCUT2D eigenvalue weighted by molar-refractivity contribution is -0.147. The van der Waals surface area contributed by atoms with Crippen LogP contribution in [0.1, 0.15) is 87.5 Å². The second kappa shape index (κ2) is 14.3. The molecule has 0 aromatic heterocycles. The van der Waals surface area contributed by atoms with Crippen LogP contribution >= 0.6 is 0 Å². The Kier molecular flexibility index (Phi) is 11.5. The predicted molar refractivity (Wildman–Crippen MR) is 164 cm³/mol. The Morgan fingerprint density at radius 2 is 1.50 bits per heavy atom. The van der Waals surface area contributed by atoms with Gasteiger partial charge in [0.15, 0.2) is 0 Å². The number of esters is 1. The van der Waals surface area contributed by atoms with Crippen LogP contribution in [-0.4, -0.2) is 77.7 Å². The number of ether oxygens (including phenoxy) is 1. The summed E-state index contributed by atoms with van der Waals surface area (Å²) in [7, 11) is 0. The maximum atomic E-state index is 14.3. The van der Waals surface area contributed by atoms with E-state index in [0.29, 0.717) is 18.9 Å². The van der Waals surface area contributed by atoms with E-state index in [1.165, 1.54) is 4.90 Å². The number of primary amides is 1. The van der Waals surface area contributed by atoms with Gasteiger partial charge in [-0.15, -0.1) is 0 Å². The van der Waals surface area contributed by atoms with Crippen molar-refractivity contribution in [2.45, 2.75) is 112 Å². The molecule has 1 saturated heterocycles. The Labute approximate surface area is 261 Å². The van der Waals surface area contributed by atoms with Crippen molar-refractivity contribution in [2.24, 2.45) is 46.7 Å². The lowest BCUT2D eigenvalue weighted by Crippen LogP contribution is -2.61. The quantitative estimate of drug-likeness (QED) is 0.170. The maximum absolute atomic E-state index is 14.3. The van der Waals surface area contributed by atoms with Crippen LogP contribution in [0.3, 0.4) is 0 Å². The summed E-state index contributed by atoms with van der Waals surface area (Å²) in [6, 6.07) is -4.60. The van der Waals surface area contributed by atoms with E-state index >= 15 is 0 Å². The third-order valence-electron chi connectivity index (χ3n) is 9.22. The van der Waals surface area contributed by atoms with Crippen molar-refractivity contribution >= 4 is 35.5 Å². The second-order valence-corrected chi connectivity index (χ2v) is 14.9. The molecule has 1 unspecified atom stereocenters. The van der Waals surface area contributed by atoms with Crippen molar-refractivity contribution in [1.82, 2.24) is 20.9 Å². The van der Waals surface area contributed by atoms with Crippen LogP contribution < -0.4 is 21.7 Å². The fourth-order valence-corrected chi connectivity index (χ4v) is 6.00. The average molecular weight is 620 g/mol. The first-order valence-electron chi connectivity index (χ1n) is 16.1. The summed E-state index contributed by atoms with van der Waals surface area (Å²) in [4.78, 5) is 79.9. The van der Waals surface area contributed by atoms with Crippen LogP contribution in [-0.2, 0) is 28.7 Å². The van der Waals surface area contributed by atoms with E-state index in [1.807, 2.05) is 41.5 Å². The lowest BCUT2D eigenvalue weighted by atomic mass is 9.83. The van der Waals surface area contributed by atoms with Crippen LogP contribution in [0.5, 0.6) is 0 Å². The summed E-state index contributed by atoms with van der Waals surface area (Å²) < 4.78 is 5.41. The Morgan fingerprint density at radius 1 is 0.909 bits per heavy atom. The van der Waals surface area contributed by atoms with Gasteiger partial charge in [-0.2, -0.15) is 0 Å². The molecule has 6 atom stereocenters. The summed E-state index contributed by atoms with van der Waals surface area (Å²) in [5, 5.41) is 8.22. The number of urea groups is 1. The molecular weight excluding hydrogens is 566 g/mol. The van der Waals surface area contributed by atoms with E-state index in [1.54, 1.807) is 13.8 Å². The topological polar surface area (TPSA) is 177 Å². The normalized spacial score (nSPS) is 24.0. The number of hydrogen-bond donors (Lipinski definition) is 4. The van der Waals surface area contributed by atoms with E-state index < -0.39 is 65.1 Å². The van der Waals surface area contributed by atoms with Gasteiger partial charge in [-0.1, -0.05) is 68.2 Å². The monoisotopic (exact) mass is 619 g/mol. The molecular formula is C32H53N5O7. The van der Waals surface area contributed by atoms with Gasteiger partial charge in [0, 0.05) is 6.54 Å². The second-order valence-electron chi connectivity index (χ2n) is 14.9. The minimum absolute atomic E-state index is 0.0237. The first-order chi connectivity index (χ1) is 20.4. The summed E-state index contributed by atoms with van der Waals surface area (Å²) in [6.07, 6.45) is 4.20. The molecule has 5 amide bonds. The molecule has 1 aliphatic heterocycles. The molecule has 3 fully saturated rings. The van der Waals surface area contributed by atoms with Crippen LogP contribution in [0, 0.1) is 40.9 Å². The van der Waals surface area contributed by atoms with E-state index in [4.69, 9.17) is 10.5 Å². The highest BCUT2D eigenvalue weighted by molar-refractivity contribution is 6.37. The summed E-state index contributed by atoms with van der Waals surface area (Å²) in [5.41, 5.74) is 4.53. The summed E-state index contributed by atoms with van der Waals surface area (Å²) in [5.74, 6) is -3.22. The van der Waals surface area contributed by atoms with Gasteiger partial charge < -0.3 is 31.3 Å². The van der Waals surface area contributed by atoms with Crippen molar-refractivity contribution in [3.05, 3.63) is 0 Å². The van der Waals surface area contributed by atoms with Crippen LogP contribution in [0.15, 0.2) is 0 Å². The molecule has 0 spiro atoms. The van der Waals surface area contributed by atoms with Gasteiger partial charge in [-0.3, -0.25) is 19.2 Å². The van der Waals surface area contributed by atoms with Gasteiger partial charge in [-0.25, -0.2) is 9.59 Å². The van der Waals surface area contributed by atoms with Crippen molar-refractivity contribution in [3.8, 4) is 0 Å². The molecule has 12 nitrogen and oxygen atoms in total. The standard InChI is InChI=1S/C32H53N5O7/c1-16(2)21-14-37(24(18(21)5)28(40)34-22(13-19-9-10-19)25(38)27(33)39)29(41)26(32(6,7)8)36-31(43)35-23(17(3)4)30(42)44-15-20-11-12-20/h16-24,26H,9-15H2,1-8H3,(H2,33,39)(H,34,40)(H2,35,36,43)/t18-,21+,22?,23-,24-,26+/m0/s1. The zero-order valence-electron chi connectivity index (χ0n) is 27.6. The number of Topliss-reactive ketones (excluding diaryl/α,β-unsaturated/α-hetero) is 1. The van der Waals surface area contributed by atoms with E-state index in [-0.39, 0.29) is 36.1 Å². The fraction of sp³-hybridized carbons (Fsp3) is 0.812. The third kappa shape index (κ3) is 9.17. The molecule has 0 aromatic rings. The number of amides is 5. The number of nitrogens with zero attached hydrogens (tertiary/aromatic N) is 1. The zero-order chi connectivity index (χ0) is 33.1. The average Bonchev–Trinajstić information content (AvgIpc) is 3.85. The molecule has 3 rings (SSSR count). The van der Waals surface area contributed by atoms with Crippen LogP contribution in [0.2, 0.25) is 0 Å². The highest BCUT2D eigenvalue weighted by Gasteiger charge is 2.50. The number of carbonyl (C=O) groups is 6. The first kappa shape index (κ1) is 35.3. The van der Waals surface area contributed by atoms with E-state index in [0.717, 1.165) is 25.7 Å². The van der Waals surface area contributed by atoms with E-state index in [2.05, 4.69) is 16.0 Å². The summed E-state index contributed by atoms with van der Waals surface area (Å²) >= 11 is 0. The number of hydrogen-bond acceptors (Lipinski definition) is 7. The Hall–Kier alpha value is -3.18. The van der Waals surface area contributed by atoms with Crippen molar-refractivity contribution in [1.29, 1.82) is 0 Å². The third-order valence-corrected chi connectivity index (χ3v) is 9.22. The molecule has 0 aromatic carbocycles. The minimum atomic E-state index is -1.11. The Balaban J connectivity index is 1.81. The van der Waals surface area contributed by atoms with Gasteiger partial charge in [0.2, 0.25) is 17.6 Å². The molecule has 0 bridgehead atoms. The molecule has 2 aliphatic carbocycles. The van der Waals surface area contributed by atoms with Gasteiger partial charge in [0.1, 0.15) is 18.1 Å². The predicted octanol–water partition coefficient (Wildman–Crippen LogP) is 2.14. The van der Waals surface area contributed by atoms with Gasteiger partial charge >= 0.3 is 12.0 Å². The number of carbonyl (C=O) groups excluding carboxylic acids is 6. The molecule has 3 aliphatic rings. The molecule has 44 heavy (non-hydrogen) atoms. The van der Waals surface area contributed by atoms with Crippen molar-refractivity contribution in [3.63, 3.8) is 0 Å². The Bertz CT molecular complexity index is 1110. The molecule has 0 radical (unpaired) electrons. The number of likely N-dealkylation sites (tertiary alicyclic amines) is 1. The van der Waals surface area contributed by atoms with Gasteiger partial charge in [-0.05, 0) is 60.2 Å². The highest BCUT2D eigenvalue weighted by Crippen LogP contribution is 2.37. The number of rotatable bonds is 14. The first-order valence-corrected chi connectivity index (χ1v) is 16.1. The maximum Gasteiger partial charge on any atom is 0.328 e. The fourth-order valence-electron chi connectivity index (χ4n) is 6.00. The number of nitrogens with two attached hydrogens (primary N) is 1. The Morgan fingerprint density at radius 3 is 1.98 bits per heavy atom. The molecule has 12 heteroatoms. The van der Waals surface area contributed by atoms with Crippen LogP contribution in [0.25, 0.3) is 0 Å². The van der Waals surface area contributed by atoms with Crippen molar-refractivity contribution in [2.75, 3.05) is 13.2 Å². The van der Waals surface area contributed by atoms with Crippen molar-refractivity contribution < 1.29 is 33.5 Å². The molecule has 5 N–H and O–H groups in total. The molecule has 2 saturated carbocycles. The number of nitrogens with one attached hydrogen (secondary N) is 3. The number of ketones is 1. The minimum Gasteiger partial charge on any atom is -0.464 e. The van der Waals surface area contributed by atoms with Crippen LogP contribution in [0.4, 0.5) is 4.79 Å². The molecule has 1 heterocycles. The smallest absolute Gasteiger partial charge is 0.328 e. The largest absolute Gasteiger partial charge is 0.464 e. The SMILES string of the molecule is CC(C)[C@H](NC(=O)N[C@H](C(=O)N1C[C@H](C(C)C)[C@H](C)[C@H]1C(=O)NC(CC1CC1)C(=O)C(N)=O)C(C)(C)C)C(=O)OCC1CC1. The van der Waals surface area contributed by atoms with E-state index in [9.17, 15) is 28.8 Å². The van der Waals surface area contributed by atoms with Gasteiger partial charge in [0.05, 0.1) is 12.6 Å². The highest BCUT2D eigenvalue weighted by atomic mass is 16.5.